The van der Waals surface area contributed by atoms with Crippen LogP contribution in [-0.4, -0.2) is 35.7 Å². The lowest BCUT2D eigenvalue weighted by Gasteiger charge is -2.24. The summed E-state index contributed by atoms with van der Waals surface area (Å²) in [6.07, 6.45) is 1.84. The molecule has 0 aromatic carbocycles. The fourth-order valence-electron chi connectivity index (χ4n) is 2.87. The standard InChI is InChI=1S/C13H21N2O2/c1-13(2,3)17-12(16)15-7-9-5-11(14-4)6-10(9)8-15/h4,9-11H,5-8H2,1-3H3/q+1/t9-,10+,11+. The highest BCUT2D eigenvalue weighted by Crippen LogP contribution is 2.39. The van der Waals surface area contributed by atoms with Crippen molar-refractivity contribution in [3.8, 4) is 6.57 Å². The maximum atomic E-state index is 11.9. The van der Waals surface area contributed by atoms with Crippen molar-refractivity contribution in [2.24, 2.45) is 11.8 Å². The van der Waals surface area contributed by atoms with Crippen LogP contribution in [0.15, 0.2) is 0 Å². The number of carbonyl (C=O) groups excluding carboxylic acids is 1. The van der Waals surface area contributed by atoms with E-state index in [2.05, 4.69) is 4.85 Å². The molecule has 0 radical (unpaired) electrons. The zero-order chi connectivity index (χ0) is 12.6. The molecule has 1 amide bonds. The molecule has 2 aliphatic rings. The van der Waals surface area contributed by atoms with Gasteiger partial charge in [-0.15, -0.1) is 0 Å². The largest absolute Gasteiger partial charge is 0.444 e. The van der Waals surface area contributed by atoms with Crippen molar-refractivity contribution >= 4 is 6.09 Å². The van der Waals surface area contributed by atoms with Crippen molar-refractivity contribution in [3.05, 3.63) is 4.85 Å². The van der Waals surface area contributed by atoms with Crippen molar-refractivity contribution in [2.45, 2.75) is 45.3 Å². The minimum absolute atomic E-state index is 0.187. The lowest BCUT2D eigenvalue weighted by Crippen LogP contribution is -2.36. The van der Waals surface area contributed by atoms with E-state index in [9.17, 15) is 4.79 Å². The van der Waals surface area contributed by atoms with Crippen LogP contribution in [0.1, 0.15) is 33.6 Å². The molecule has 2 fully saturated rings. The van der Waals surface area contributed by atoms with Crippen LogP contribution in [0.2, 0.25) is 0 Å². The summed E-state index contributed by atoms with van der Waals surface area (Å²) in [4.78, 5) is 17.6. The Kier molecular flexibility index (Phi) is 3.03. The van der Waals surface area contributed by atoms with E-state index in [-0.39, 0.29) is 6.09 Å². The molecule has 4 nitrogen and oxygen atoms in total. The minimum atomic E-state index is -0.413. The SMILES string of the molecule is C#[N+][C@H]1C[C@@H]2CN(C(=O)OC(C)(C)C)C[C@@H]2C1. The Bertz CT molecular complexity index is 339. The number of nitrogens with zero attached hydrogens (tertiary/aromatic N) is 2. The summed E-state index contributed by atoms with van der Waals surface area (Å²) in [6, 6.07) is 0.297. The molecule has 0 aromatic rings. The molecule has 0 unspecified atom stereocenters. The van der Waals surface area contributed by atoms with Crippen LogP contribution in [-0.2, 0) is 4.74 Å². The fourth-order valence-corrected chi connectivity index (χ4v) is 2.87. The number of hydrogen-bond donors (Lipinski definition) is 0. The van der Waals surface area contributed by atoms with E-state index in [0.717, 1.165) is 25.9 Å². The van der Waals surface area contributed by atoms with Gasteiger partial charge in [0, 0.05) is 25.9 Å². The lowest BCUT2D eigenvalue weighted by atomic mass is 10.0. The molecule has 0 aromatic heterocycles. The number of rotatable bonds is 0. The Morgan fingerprint density at radius 1 is 1.29 bits per heavy atom. The van der Waals surface area contributed by atoms with Crippen molar-refractivity contribution in [2.75, 3.05) is 13.1 Å². The zero-order valence-electron chi connectivity index (χ0n) is 10.8. The Morgan fingerprint density at radius 3 is 2.24 bits per heavy atom. The number of carbonyl (C=O) groups is 1. The van der Waals surface area contributed by atoms with Gasteiger partial charge in [-0.25, -0.2) is 4.79 Å². The second kappa shape index (κ2) is 4.21. The Labute approximate surface area is 103 Å². The Hall–Kier alpha value is -1.24. The van der Waals surface area contributed by atoms with E-state index in [1.165, 1.54) is 0 Å². The summed E-state index contributed by atoms with van der Waals surface area (Å²) in [5.74, 6) is 1.11. The van der Waals surface area contributed by atoms with E-state index in [1.807, 2.05) is 25.7 Å². The van der Waals surface area contributed by atoms with Gasteiger partial charge < -0.3 is 9.64 Å². The van der Waals surface area contributed by atoms with Crippen molar-refractivity contribution < 1.29 is 9.53 Å². The Morgan fingerprint density at radius 2 is 1.82 bits per heavy atom. The number of amides is 1. The predicted octanol–water partition coefficient (Wildman–Crippen LogP) is 2.59. The minimum Gasteiger partial charge on any atom is -0.444 e. The van der Waals surface area contributed by atoms with Gasteiger partial charge in [0.25, 0.3) is 12.6 Å². The first-order valence-electron chi connectivity index (χ1n) is 6.27. The molecule has 0 spiro atoms. The summed E-state index contributed by atoms with van der Waals surface area (Å²) >= 11 is 0. The number of ether oxygens (including phenoxy) is 1. The summed E-state index contributed by atoms with van der Waals surface area (Å²) < 4.78 is 5.38. The highest BCUT2D eigenvalue weighted by atomic mass is 16.6. The second-order valence-electron chi connectivity index (χ2n) is 6.18. The molecular weight excluding hydrogens is 216 g/mol. The molecule has 3 atom stereocenters. The molecule has 1 heterocycles. The molecule has 0 N–H and O–H groups in total. The monoisotopic (exact) mass is 237 g/mol. The van der Waals surface area contributed by atoms with Crippen LogP contribution < -0.4 is 0 Å². The van der Waals surface area contributed by atoms with Crippen LogP contribution >= 0.6 is 0 Å². The van der Waals surface area contributed by atoms with Crippen LogP contribution in [0.3, 0.4) is 0 Å². The van der Waals surface area contributed by atoms with Crippen LogP contribution in [0, 0.1) is 18.4 Å². The summed E-state index contributed by atoms with van der Waals surface area (Å²) in [5, 5.41) is 0. The lowest BCUT2D eigenvalue weighted by molar-refractivity contribution is 0.0280. The summed E-state index contributed by atoms with van der Waals surface area (Å²) in [6.45, 7) is 12.6. The van der Waals surface area contributed by atoms with E-state index in [4.69, 9.17) is 11.3 Å². The smallest absolute Gasteiger partial charge is 0.410 e. The van der Waals surface area contributed by atoms with E-state index >= 15 is 0 Å². The number of fused-ring (bicyclic) bond motifs is 1. The number of hydrogen-bond acceptors (Lipinski definition) is 2. The molecule has 1 saturated heterocycles. The van der Waals surface area contributed by atoms with Crippen molar-refractivity contribution in [1.82, 2.24) is 4.90 Å². The van der Waals surface area contributed by atoms with E-state index in [0.29, 0.717) is 17.9 Å². The molecule has 94 valence electrons. The van der Waals surface area contributed by atoms with Crippen molar-refractivity contribution in [1.29, 1.82) is 0 Å². The van der Waals surface area contributed by atoms with Gasteiger partial charge in [0.1, 0.15) is 5.60 Å². The first kappa shape index (κ1) is 12.2. The third-order valence-corrected chi connectivity index (χ3v) is 3.59. The van der Waals surface area contributed by atoms with Crippen LogP contribution in [0.4, 0.5) is 4.79 Å². The van der Waals surface area contributed by atoms with Gasteiger partial charge in [-0.3, -0.25) is 0 Å². The van der Waals surface area contributed by atoms with Gasteiger partial charge in [-0.2, -0.15) is 0 Å². The molecule has 2 rings (SSSR count). The third-order valence-electron chi connectivity index (χ3n) is 3.59. The van der Waals surface area contributed by atoms with Gasteiger partial charge in [0.2, 0.25) is 0 Å². The molecule has 17 heavy (non-hydrogen) atoms. The maximum Gasteiger partial charge on any atom is 0.410 e. The van der Waals surface area contributed by atoms with E-state index in [1.54, 1.807) is 0 Å². The fraction of sp³-hybridized carbons (Fsp3) is 0.846. The molecule has 1 aliphatic carbocycles. The molecule has 4 heteroatoms. The highest BCUT2D eigenvalue weighted by Gasteiger charge is 2.46. The van der Waals surface area contributed by atoms with Gasteiger partial charge in [0.05, 0.1) is 0 Å². The molecular formula is C13H21N2O2+. The second-order valence-corrected chi connectivity index (χ2v) is 6.18. The normalized spacial score (nSPS) is 32.1. The van der Waals surface area contributed by atoms with E-state index < -0.39 is 5.60 Å². The average Bonchev–Trinajstić information content (AvgIpc) is 2.70. The predicted molar refractivity (Wildman–Crippen MR) is 66.1 cm³/mol. The van der Waals surface area contributed by atoms with Crippen molar-refractivity contribution in [3.63, 3.8) is 0 Å². The molecule has 1 saturated carbocycles. The van der Waals surface area contributed by atoms with Crippen LogP contribution in [0.5, 0.6) is 0 Å². The van der Waals surface area contributed by atoms with Gasteiger partial charge in [-0.1, -0.05) is 4.85 Å². The zero-order valence-corrected chi connectivity index (χ0v) is 10.8. The quantitative estimate of drug-likeness (QED) is 0.649. The summed E-state index contributed by atoms with van der Waals surface area (Å²) in [7, 11) is 0. The average molecular weight is 237 g/mol. The maximum absolute atomic E-state index is 11.9. The topological polar surface area (TPSA) is 33.9 Å². The Balaban J connectivity index is 1.89. The number of likely N-dealkylation sites (tertiary alicyclic amines) is 1. The first-order chi connectivity index (χ1) is 7.89. The third kappa shape index (κ3) is 2.71. The molecule has 0 bridgehead atoms. The van der Waals surface area contributed by atoms with Crippen LogP contribution in [0.25, 0.3) is 4.85 Å². The first-order valence-corrected chi connectivity index (χ1v) is 6.27. The highest BCUT2D eigenvalue weighted by molar-refractivity contribution is 5.68. The van der Waals surface area contributed by atoms with Gasteiger partial charge in [-0.05, 0) is 32.6 Å². The summed E-state index contributed by atoms with van der Waals surface area (Å²) in [5.41, 5.74) is -0.413. The van der Waals surface area contributed by atoms with Gasteiger partial charge in [0.15, 0.2) is 0 Å². The molecule has 1 aliphatic heterocycles. The van der Waals surface area contributed by atoms with Gasteiger partial charge >= 0.3 is 6.09 Å².